The second-order valence-corrected chi connectivity index (χ2v) is 13.2. The van der Waals surface area contributed by atoms with E-state index < -0.39 is 11.8 Å². The van der Waals surface area contributed by atoms with Gasteiger partial charge in [-0.2, -0.15) is 0 Å². The van der Waals surface area contributed by atoms with Crippen LogP contribution >= 0.6 is 22.7 Å². The first-order chi connectivity index (χ1) is 22.8. The van der Waals surface area contributed by atoms with Gasteiger partial charge in [-0.05, 0) is 76.5 Å². The van der Waals surface area contributed by atoms with Gasteiger partial charge < -0.3 is 20.1 Å². The molecular formula is C34H34FN7O3S2. The van der Waals surface area contributed by atoms with Crippen LogP contribution in [0.15, 0.2) is 42.5 Å². The fraction of sp³-hybridized carbons (Fsp3) is 0.324. The van der Waals surface area contributed by atoms with Crippen LogP contribution in [0.25, 0.3) is 10.2 Å². The highest BCUT2D eigenvalue weighted by Crippen LogP contribution is 2.39. The van der Waals surface area contributed by atoms with Gasteiger partial charge in [0.15, 0.2) is 39.2 Å². The van der Waals surface area contributed by atoms with Crippen molar-refractivity contribution in [2.75, 3.05) is 43.5 Å². The number of fused-ring (bicyclic) bond motifs is 2. The SMILES string of the molecule is CCN(C)CC#Cc1ccc(OCCCc2sc(N3CCCc4c3nnc(Nc3nc5ccccc5s3)c4C)nc2C(=O)O)c(F)c1. The third kappa shape index (κ3) is 7.35. The maximum Gasteiger partial charge on any atom is 0.355 e. The number of halogens is 1. The Bertz CT molecular complexity index is 1950. The van der Waals surface area contributed by atoms with Gasteiger partial charge in [-0.1, -0.05) is 42.2 Å². The largest absolute Gasteiger partial charge is 0.491 e. The van der Waals surface area contributed by atoms with E-state index >= 15 is 0 Å². The highest BCUT2D eigenvalue weighted by Gasteiger charge is 2.28. The number of thiazole rings is 2. The summed E-state index contributed by atoms with van der Waals surface area (Å²) >= 11 is 2.89. The van der Waals surface area contributed by atoms with Gasteiger partial charge in [0.25, 0.3) is 0 Å². The smallest absolute Gasteiger partial charge is 0.355 e. The zero-order valence-corrected chi connectivity index (χ0v) is 28.0. The summed E-state index contributed by atoms with van der Waals surface area (Å²) in [7, 11) is 1.97. The molecule has 47 heavy (non-hydrogen) atoms. The molecule has 3 aromatic heterocycles. The molecule has 0 unspecified atom stereocenters. The molecule has 10 nitrogen and oxygen atoms in total. The van der Waals surface area contributed by atoms with Crippen molar-refractivity contribution in [2.45, 2.75) is 39.5 Å². The second-order valence-electron chi connectivity index (χ2n) is 11.1. The number of para-hydroxylation sites is 1. The van der Waals surface area contributed by atoms with E-state index in [2.05, 4.69) is 42.2 Å². The number of aromatic carboxylic acids is 1. The molecule has 0 spiro atoms. The average Bonchev–Trinajstić information content (AvgIpc) is 3.69. The first kappa shape index (κ1) is 32.3. The molecule has 1 aliphatic rings. The minimum Gasteiger partial charge on any atom is -0.491 e. The molecule has 0 bridgehead atoms. The number of nitrogens with one attached hydrogen (secondary N) is 1. The van der Waals surface area contributed by atoms with Crippen LogP contribution in [-0.4, -0.2) is 69.4 Å². The fourth-order valence-corrected chi connectivity index (χ4v) is 7.19. The molecule has 2 N–H and O–H groups in total. The lowest BCUT2D eigenvalue weighted by Crippen LogP contribution is -2.27. The molecule has 5 aromatic rings. The summed E-state index contributed by atoms with van der Waals surface area (Å²) < 4.78 is 21.4. The molecule has 0 saturated carbocycles. The van der Waals surface area contributed by atoms with Crippen LogP contribution in [0.4, 0.5) is 26.3 Å². The molecule has 2 aromatic carbocycles. The first-order valence-corrected chi connectivity index (χ1v) is 17.0. The van der Waals surface area contributed by atoms with Crippen molar-refractivity contribution in [2.24, 2.45) is 0 Å². The maximum atomic E-state index is 14.6. The minimum absolute atomic E-state index is 0.0127. The summed E-state index contributed by atoms with van der Waals surface area (Å²) in [6.45, 7) is 6.42. The van der Waals surface area contributed by atoms with Crippen LogP contribution in [-0.2, 0) is 12.8 Å². The average molecular weight is 672 g/mol. The van der Waals surface area contributed by atoms with Crippen LogP contribution in [0, 0.1) is 24.6 Å². The number of hydrogen-bond donors (Lipinski definition) is 2. The number of carbonyl (C=O) groups is 1. The molecule has 0 saturated heterocycles. The van der Waals surface area contributed by atoms with Gasteiger partial charge in [0.2, 0.25) is 0 Å². The molecule has 0 aliphatic carbocycles. The maximum absolute atomic E-state index is 14.6. The van der Waals surface area contributed by atoms with Crippen LogP contribution in [0.1, 0.15) is 51.8 Å². The van der Waals surface area contributed by atoms with Crippen LogP contribution in [0.5, 0.6) is 5.75 Å². The molecule has 13 heteroatoms. The molecular weight excluding hydrogens is 638 g/mol. The number of rotatable bonds is 11. The number of ether oxygens (including phenoxy) is 1. The third-order valence-electron chi connectivity index (χ3n) is 7.88. The number of aryl methyl sites for hydroxylation is 1. The molecule has 0 atom stereocenters. The van der Waals surface area contributed by atoms with E-state index in [4.69, 9.17) is 4.74 Å². The Morgan fingerprint density at radius 1 is 1.19 bits per heavy atom. The Hall–Kier alpha value is -4.64. The number of carboxylic acids is 1. The molecule has 0 amide bonds. The van der Waals surface area contributed by atoms with Crippen molar-refractivity contribution in [3.63, 3.8) is 0 Å². The van der Waals surface area contributed by atoms with Gasteiger partial charge in [0.1, 0.15) is 0 Å². The third-order valence-corrected chi connectivity index (χ3v) is 9.97. The Balaban J connectivity index is 1.12. The molecule has 6 rings (SSSR count). The van der Waals surface area contributed by atoms with Crippen molar-refractivity contribution in [1.29, 1.82) is 0 Å². The van der Waals surface area contributed by atoms with E-state index in [0.717, 1.165) is 45.9 Å². The monoisotopic (exact) mass is 671 g/mol. The van der Waals surface area contributed by atoms with Gasteiger partial charge in [0.05, 0.1) is 23.4 Å². The number of benzene rings is 2. The van der Waals surface area contributed by atoms with E-state index in [1.54, 1.807) is 23.5 Å². The van der Waals surface area contributed by atoms with E-state index in [0.29, 0.717) is 53.1 Å². The Kier molecular flexibility index (Phi) is 9.91. The summed E-state index contributed by atoms with van der Waals surface area (Å²) in [5, 5.41) is 23.6. The van der Waals surface area contributed by atoms with Gasteiger partial charge in [0, 0.05) is 28.1 Å². The fourth-order valence-electron chi connectivity index (χ4n) is 5.20. The summed E-state index contributed by atoms with van der Waals surface area (Å²) in [6, 6.07) is 12.6. The van der Waals surface area contributed by atoms with Crippen molar-refractivity contribution < 1.29 is 19.0 Å². The van der Waals surface area contributed by atoms with Crippen LogP contribution in [0.3, 0.4) is 0 Å². The zero-order chi connectivity index (χ0) is 32.9. The lowest BCUT2D eigenvalue weighted by atomic mass is 10.0. The number of aromatic nitrogens is 4. The highest BCUT2D eigenvalue weighted by molar-refractivity contribution is 7.22. The number of nitrogens with zero attached hydrogens (tertiary/aromatic N) is 6. The normalized spacial score (nSPS) is 12.6. The number of carboxylic acid groups (broad SMARTS) is 1. The van der Waals surface area contributed by atoms with Crippen molar-refractivity contribution in [3.05, 3.63) is 75.5 Å². The first-order valence-electron chi connectivity index (χ1n) is 15.4. The van der Waals surface area contributed by atoms with Crippen molar-refractivity contribution >= 4 is 60.8 Å². The van der Waals surface area contributed by atoms with Crippen LogP contribution < -0.4 is 15.0 Å². The quantitative estimate of drug-likeness (QED) is 0.114. The predicted molar refractivity (Wildman–Crippen MR) is 184 cm³/mol. The van der Waals surface area contributed by atoms with E-state index in [9.17, 15) is 14.3 Å². The van der Waals surface area contributed by atoms with Gasteiger partial charge in [-0.15, -0.1) is 21.5 Å². The highest BCUT2D eigenvalue weighted by atomic mass is 32.1. The Morgan fingerprint density at radius 2 is 2.04 bits per heavy atom. The molecule has 1 aliphatic heterocycles. The summed E-state index contributed by atoms with van der Waals surface area (Å²) in [4.78, 5) is 26.0. The number of anilines is 4. The summed E-state index contributed by atoms with van der Waals surface area (Å²) in [5.74, 6) is 5.91. The molecule has 4 heterocycles. The van der Waals surface area contributed by atoms with Crippen molar-refractivity contribution in [3.8, 4) is 17.6 Å². The Morgan fingerprint density at radius 3 is 2.83 bits per heavy atom. The lowest BCUT2D eigenvalue weighted by Gasteiger charge is -2.28. The molecule has 0 fully saturated rings. The van der Waals surface area contributed by atoms with Crippen molar-refractivity contribution in [1.82, 2.24) is 25.1 Å². The van der Waals surface area contributed by atoms with E-state index in [1.165, 1.54) is 17.4 Å². The zero-order valence-electron chi connectivity index (χ0n) is 26.3. The van der Waals surface area contributed by atoms with Gasteiger partial charge in [-0.3, -0.25) is 4.90 Å². The lowest BCUT2D eigenvalue weighted by molar-refractivity contribution is 0.0690. The minimum atomic E-state index is -1.09. The standard InChI is InChI=1S/C34H34FN7O3S2/c1-4-41(3)17-7-10-22-15-16-26(24(35)20-22)45-19-9-14-28-29(32(43)44)37-34(47-28)42-18-8-11-23-21(2)30(39-40-31(23)42)38-33-36-25-12-5-6-13-27(25)46-33/h5-6,12-13,15-16,20H,4,8-9,11,14,17-19H2,1-3H3,(H,43,44)(H,36,38,39). The molecule has 242 valence electrons. The summed E-state index contributed by atoms with van der Waals surface area (Å²) in [5.41, 5.74) is 3.54. The number of hydrogen-bond acceptors (Lipinski definition) is 11. The Labute approximate surface area is 280 Å². The molecule has 0 radical (unpaired) electrons. The topological polar surface area (TPSA) is 117 Å². The van der Waals surface area contributed by atoms with Gasteiger partial charge in [-0.25, -0.2) is 19.2 Å². The second kappa shape index (κ2) is 14.4. The van der Waals surface area contributed by atoms with Gasteiger partial charge >= 0.3 is 5.97 Å². The predicted octanol–water partition coefficient (Wildman–Crippen LogP) is 6.83. The van der Waals surface area contributed by atoms with E-state index in [1.807, 2.05) is 50.1 Å². The van der Waals surface area contributed by atoms with Crippen LogP contribution in [0.2, 0.25) is 0 Å². The van der Waals surface area contributed by atoms with E-state index in [-0.39, 0.29) is 18.1 Å². The summed E-state index contributed by atoms with van der Waals surface area (Å²) in [6.07, 6.45) is 2.59.